The summed E-state index contributed by atoms with van der Waals surface area (Å²) < 4.78 is 0. The molecule has 0 aromatic heterocycles. The van der Waals surface area contributed by atoms with Gasteiger partial charge in [0.2, 0.25) is 0 Å². The number of carbonyl (C=O) groups is 2. The van der Waals surface area contributed by atoms with Gasteiger partial charge in [-0.15, -0.1) is 0 Å². The lowest BCUT2D eigenvalue weighted by atomic mass is 10.1. The van der Waals surface area contributed by atoms with E-state index in [0.717, 1.165) is 6.07 Å². The van der Waals surface area contributed by atoms with Crippen molar-refractivity contribution in [2.75, 3.05) is 0 Å². The van der Waals surface area contributed by atoms with Crippen LogP contribution < -0.4 is 0 Å². The third kappa shape index (κ3) is 5.04. The first-order valence-electron chi connectivity index (χ1n) is 5.59. The number of aromatic carboxylic acids is 2. The smallest absolute Gasteiger partial charge is 0.335 e. The van der Waals surface area contributed by atoms with E-state index >= 15 is 0 Å². The van der Waals surface area contributed by atoms with Crippen molar-refractivity contribution in [2.24, 2.45) is 0 Å². The summed E-state index contributed by atoms with van der Waals surface area (Å²) in [7, 11) is 0. The minimum absolute atomic E-state index is 0.00241. The highest BCUT2D eigenvalue weighted by molar-refractivity contribution is 5.94. The molecule has 0 aliphatic rings. The fourth-order valence-corrected chi connectivity index (χ4v) is 1.41. The second-order valence-electron chi connectivity index (χ2n) is 3.85. The van der Waals surface area contributed by atoms with Gasteiger partial charge in [-0.2, -0.15) is 0 Å². The van der Waals surface area contributed by atoms with Crippen molar-refractivity contribution in [3.05, 3.63) is 71.3 Å². The molecule has 0 atom stereocenters. The van der Waals surface area contributed by atoms with Gasteiger partial charge in [-0.1, -0.05) is 36.4 Å². The summed E-state index contributed by atoms with van der Waals surface area (Å²) in [6.07, 6.45) is 0. The number of carboxylic acid groups (broad SMARTS) is 2. The predicted molar refractivity (Wildman–Crippen MR) is 71.5 cm³/mol. The second-order valence-corrected chi connectivity index (χ2v) is 3.85. The number of hydrogen-bond donors (Lipinski definition) is 2. The van der Waals surface area contributed by atoms with E-state index in [0.29, 0.717) is 5.56 Å². The predicted octanol–water partition coefficient (Wildman–Crippen LogP) is 3.08. The van der Waals surface area contributed by atoms with Crippen molar-refractivity contribution in [1.82, 2.24) is 0 Å². The number of benzene rings is 2. The van der Waals surface area contributed by atoms with Crippen molar-refractivity contribution in [3.8, 4) is 0 Å². The largest absolute Gasteiger partial charge is 0.478 e. The van der Waals surface area contributed by atoms with Gasteiger partial charge < -0.3 is 10.2 Å². The summed E-state index contributed by atoms with van der Waals surface area (Å²) in [5.74, 6) is -2.24. The molecule has 0 amide bonds. The molecule has 19 heavy (non-hydrogen) atoms. The Bertz CT molecular complexity index is 503. The standard InChI is InChI=1S/C9H8O4.C6H6/c1-5-2-6(8(10)11)4-7(3-5)9(12)13;1-2-4-6-5-3-1/h2-4H,1H3,(H,10,11)(H,12,13);1-6H. The van der Waals surface area contributed by atoms with E-state index in [1.807, 2.05) is 36.4 Å². The molecule has 0 unspecified atom stereocenters. The highest BCUT2D eigenvalue weighted by Gasteiger charge is 2.09. The van der Waals surface area contributed by atoms with Gasteiger partial charge in [0.1, 0.15) is 0 Å². The molecule has 0 saturated heterocycles. The first kappa shape index (κ1) is 14.4. The summed E-state index contributed by atoms with van der Waals surface area (Å²) in [6.45, 7) is 1.65. The normalized spacial score (nSPS) is 9.11. The van der Waals surface area contributed by atoms with Gasteiger partial charge in [-0.05, 0) is 30.7 Å². The van der Waals surface area contributed by atoms with Crippen LogP contribution in [-0.4, -0.2) is 22.2 Å². The van der Waals surface area contributed by atoms with Crippen molar-refractivity contribution < 1.29 is 19.8 Å². The summed E-state index contributed by atoms with van der Waals surface area (Å²) in [5, 5.41) is 17.2. The van der Waals surface area contributed by atoms with Crippen LogP contribution in [0.3, 0.4) is 0 Å². The van der Waals surface area contributed by atoms with Crippen molar-refractivity contribution >= 4 is 11.9 Å². The molecule has 98 valence electrons. The van der Waals surface area contributed by atoms with E-state index < -0.39 is 11.9 Å². The van der Waals surface area contributed by atoms with Crippen LogP contribution in [0.25, 0.3) is 0 Å². The maximum atomic E-state index is 10.5. The van der Waals surface area contributed by atoms with Crippen LogP contribution in [0.15, 0.2) is 54.6 Å². The Kier molecular flexibility index (Phi) is 5.29. The quantitative estimate of drug-likeness (QED) is 0.868. The molecular weight excluding hydrogens is 244 g/mol. The van der Waals surface area contributed by atoms with Crippen LogP contribution in [0.2, 0.25) is 0 Å². The monoisotopic (exact) mass is 258 g/mol. The number of carboxylic acids is 2. The fourth-order valence-electron chi connectivity index (χ4n) is 1.41. The summed E-state index contributed by atoms with van der Waals surface area (Å²) in [4.78, 5) is 21.1. The van der Waals surface area contributed by atoms with Crippen LogP contribution in [0, 0.1) is 6.92 Å². The van der Waals surface area contributed by atoms with Gasteiger partial charge in [-0.25, -0.2) is 9.59 Å². The molecule has 2 aromatic rings. The molecule has 0 spiro atoms. The third-order valence-electron chi connectivity index (χ3n) is 2.24. The van der Waals surface area contributed by atoms with Crippen molar-refractivity contribution in [1.29, 1.82) is 0 Å². The summed E-state index contributed by atoms with van der Waals surface area (Å²) >= 11 is 0. The SMILES string of the molecule is Cc1cc(C(=O)O)cc(C(=O)O)c1.c1ccccc1. The first-order valence-corrected chi connectivity index (χ1v) is 5.59. The lowest BCUT2D eigenvalue weighted by Gasteiger charge is -1.99. The van der Waals surface area contributed by atoms with Gasteiger partial charge in [-0.3, -0.25) is 0 Å². The average Bonchev–Trinajstić information content (AvgIpc) is 2.40. The van der Waals surface area contributed by atoms with E-state index in [1.165, 1.54) is 12.1 Å². The van der Waals surface area contributed by atoms with Gasteiger partial charge >= 0.3 is 11.9 Å². The molecule has 0 saturated carbocycles. The average molecular weight is 258 g/mol. The minimum Gasteiger partial charge on any atom is -0.478 e. The van der Waals surface area contributed by atoms with Gasteiger partial charge in [0.05, 0.1) is 11.1 Å². The molecule has 0 bridgehead atoms. The maximum absolute atomic E-state index is 10.5. The Balaban J connectivity index is 0.000000250. The summed E-state index contributed by atoms with van der Waals surface area (Å²) in [6, 6.07) is 16.0. The molecule has 4 heteroatoms. The zero-order valence-corrected chi connectivity index (χ0v) is 10.4. The molecular formula is C15H14O4. The zero-order valence-electron chi connectivity index (χ0n) is 10.4. The number of rotatable bonds is 2. The van der Waals surface area contributed by atoms with Crippen LogP contribution in [-0.2, 0) is 0 Å². The number of aryl methyl sites for hydroxylation is 1. The third-order valence-corrected chi connectivity index (χ3v) is 2.24. The molecule has 0 aliphatic carbocycles. The van der Waals surface area contributed by atoms with E-state index in [9.17, 15) is 9.59 Å². The molecule has 0 radical (unpaired) electrons. The Labute approximate surface area is 111 Å². The molecule has 0 heterocycles. The van der Waals surface area contributed by atoms with E-state index in [1.54, 1.807) is 6.92 Å². The van der Waals surface area contributed by atoms with E-state index in [4.69, 9.17) is 10.2 Å². The fraction of sp³-hybridized carbons (Fsp3) is 0.0667. The Hall–Kier alpha value is -2.62. The van der Waals surface area contributed by atoms with Crippen LogP contribution in [0.5, 0.6) is 0 Å². The van der Waals surface area contributed by atoms with Crippen LogP contribution in [0.1, 0.15) is 26.3 Å². The molecule has 2 N–H and O–H groups in total. The van der Waals surface area contributed by atoms with Crippen LogP contribution >= 0.6 is 0 Å². The van der Waals surface area contributed by atoms with E-state index in [-0.39, 0.29) is 11.1 Å². The molecule has 4 nitrogen and oxygen atoms in total. The molecule has 2 rings (SSSR count). The molecule has 0 fully saturated rings. The Morgan fingerprint density at radius 1 is 0.737 bits per heavy atom. The molecule has 2 aromatic carbocycles. The topological polar surface area (TPSA) is 74.6 Å². The highest BCUT2D eigenvalue weighted by atomic mass is 16.4. The lowest BCUT2D eigenvalue weighted by Crippen LogP contribution is -2.02. The second kappa shape index (κ2) is 6.96. The minimum atomic E-state index is -1.12. The zero-order chi connectivity index (χ0) is 14.3. The van der Waals surface area contributed by atoms with Crippen LogP contribution in [0.4, 0.5) is 0 Å². The first-order chi connectivity index (χ1) is 9.00. The lowest BCUT2D eigenvalue weighted by molar-refractivity contribution is 0.0696. The molecule has 0 aliphatic heterocycles. The van der Waals surface area contributed by atoms with Gasteiger partial charge in [0.15, 0.2) is 0 Å². The van der Waals surface area contributed by atoms with Crippen molar-refractivity contribution in [3.63, 3.8) is 0 Å². The van der Waals surface area contributed by atoms with Crippen molar-refractivity contribution in [2.45, 2.75) is 6.92 Å². The maximum Gasteiger partial charge on any atom is 0.335 e. The summed E-state index contributed by atoms with van der Waals surface area (Å²) in [5.41, 5.74) is 0.618. The van der Waals surface area contributed by atoms with E-state index in [2.05, 4.69) is 0 Å². The Morgan fingerprint density at radius 3 is 1.32 bits per heavy atom. The highest BCUT2D eigenvalue weighted by Crippen LogP contribution is 2.09. The van der Waals surface area contributed by atoms with Gasteiger partial charge in [0, 0.05) is 0 Å². The Morgan fingerprint density at radius 2 is 1.05 bits per heavy atom. The van der Waals surface area contributed by atoms with Gasteiger partial charge in [0.25, 0.3) is 0 Å². The number of hydrogen-bond acceptors (Lipinski definition) is 2.